The van der Waals surface area contributed by atoms with Crippen LogP contribution < -0.4 is 0 Å². The lowest BCUT2D eigenvalue weighted by atomic mass is 10.0. The first-order valence-electron chi connectivity index (χ1n) is 29.8. The first-order chi connectivity index (χ1) is 33.0. The Hall–Kier alpha value is -2.11. The molecule has 1 atom stereocenters. The standard InChI is InChI=1S/C61H114O6/c1-4-7-10-13-16-19-22-25-28-30-32-33-36-39-42-45-48-51-54-60(63)66-57-58(56-65-59(62)53-50-47-44-41-38-35-27-24-21-18-15-12-9-6-3)67-61(64)55-52-49-46-43-40-37-34-31-29-26-23-20-17-14-11-8-5-2/h24,26-27,29,58H,4-23,25,28,30-57H2,1-3H3/b27-24-,29-26-/t58-/m1/s1. The monoisotopic (exact) mass is 943 g/mol. The highest BCUT2D eigenvalue weighted by Gasteiger charge is 2.19. The Labute approximate surface area is 417 Å². The fourth-order valence-electron chi connectivity index (χ4n) is 8.91. The van der Waals surface area contributed by atoms with Crippen molar-refractivity contribution in [2.24, 2.45) is 0 Å². The first-order valence-corrected chi connectivity index (χ1v) is 29.8. The number of rotatable bonds is 55. The van der Waals surface area contributed by atoms with E-state index in [1.165, 1.54) is 225 Å². The SMILES string of the molecule is CCCCCCC/C=C\CCCCCCCC(=O)OC[C@H](COC(=O)CCCCCCCCCCCCCCCCCCCC)OC(=O)CCCCCCCCC/C=C\CCCCCCCC. The van der Waals surface area contributed by atoms with Crippen LogP contribution in [0.3, 0.4) is 0 Å². The zero-order valence-corrected chi connectivity index (χ0v) is 45.2. The minimum atomic E-state index is -0.773. The molecule has 6 heteroatoms. The largest absolute Gasteiger partial charge is 0.462 e. The summed E-state index contributed by atoms with van der Waals surface area (Å²) in [5.41, 5.74) is 0. The quantitative estimate of drug-likeness (QED) is 0.0262. The van der Waals surface area contributed by atoms with E-state index in [2.05, 4.69) is 45.1 Å². The number of carbonyl (C=O) groups excluding carboxylic acids is 3. The van der Waals surface area contributed by atoms with Crippen LogP contribution in [0.2, 0.25) is 0 Å². The van der Waals surface area contributed by atoms with Crippen LogP contribution in [0.1, 0.15) is 329 Å². The molecule has 0 rings (SSSR count). The van der Waals surface area contributed by atoms with Crippen LogP contribution in [0.4, 0.5) is 0 Å². The summed E-state index contributed by atoms with van der Waals surface area (Å²) in [7, 11) is 0. The highest BCUT2D eigenvalue weighted by Crippen LogP contribution is 2.17. The van der Waals surface area contributed by atoms with E-state index in [0.29, 0.717) is 19.3 Å². The van der Waals surface area contributed by atoms with Crippen LogP contribution in [0.25, 0.3) is 0 Å². The maximum atomic E-state index is 12.9. The van der Waals surface area contributed by atoms with Crippen molar-refractivity contribution in [1.29, 1.82) is 0 Å². The topological polar surface area (TPSA) is 78.9 Å². The average Bonchev–Trinajstić information content (AvgIpc) is 3.33. The van der Waals surface area contributed by atoms with Gasteiger partial charge < -0.3 is 14.2 Å². The molecule has 0 aliphatic heterocycles. The van der Waals surface area contributed by atoms with Crippen LogP contribution >= 0.6 is 0 Å². The molecule has 0 aromatic rings. The highest BCUT2D eigenvalue weighted by molar-refractivity contribution is 5.71. The first kappa shape index (κ1) is 64.9. The number of allylic oxidation sites excluding steroid dienone is 4. The second-order valence-corrected chi connectivity index (χ2v) is 20.3. The van der Waals surface area contributed by atoms with E-state index in [1.807, 2.05) is 0 Å². The summed E-state index contributed by atoms with van der Waals surface area (Å²) in [5.74, 6) is -0.863. The number of ether oxygens (including phenoxy) is 3. The molecular weight excluding hydrogens is 829 g/mol. The van der Waals surface area contributed by atoms with Crippen LogP contribution in [-0.2, 0) is 28.6 Å². The summed E-state index contributed by atoms with van der Waals surface area (Å²) >= 11 is 0. The molecule has 0 heterocycles. The fourth-order valence-corrected chi connectivity index (χ4v) is 8.91. The lowest BCUT2D eigenvalue weighted by molar-refractivity contribution is -0.167. The molecular formula is C61H114O6. The van der Waals surface area contributed by atoms with Crippen LogP contribution in [-0.4, -0.2) is 37.2 Å². The van der Waals surface area contributed by atoms with E-state index in [1.54, 1.807) is 0 Å². The molecule has 6 nitrogen and oxygen atoms in total. The molecule has 0 N–H and O–H groups in total. The Morgan fingerprint density at radius 3 is 0.746 bits per heavy atom. The lowest BCUT2D eigenvalue weighted by Crippen LogP contribution is -2.30. The molecule has 67 heavy (non-hydrogen) atoms. The van der Waals surface area contributed by atoms with Gasteiger partial charge >= 0.3 is 17.9 Å². The van der Waals surface area contributed by atoms with E-state index >= 15 is 0 Å². The van der Waals surface area contributed by atoms with Crippen LogP contribution in [0, 0.1) is 0 Å². The van der Waals surface area contributed by atoms with Gasteiger partial charge in [-0.3, -0.25) is 14.4 Å². The maximum Gasteiger partial charge on any atom is 0.306 e. The number of hydrogen-bond donors (Lipinski definition) is 0. The summed E-state index contributed by atoms with van der Waals surface area (Å²) in [6.07, 6.45) is 66.0. The molecule has 0 fully saturated rings. The van der Waals surface area contributed by atoms with Gasteiger partial charge in [-0.2, -0.15) is 0 Å². The number of esters is 3. The Morgan fingerprint density at radius 1 is 0.284 bits per heavy atom. The molecule has 0 aliphatic rings. The molecule has 0 saturated carbocycles. The highest BCUT2D eigenvalue weighted by atomic mass is 16.6. The predicted molar refractivity (Wildman–Crippen MR) is 289 cm³/mol. The van der Waals surface area contributed by atoms with Crippen molar-refractivity contribution < 1.29 is 28.6 Å². The third kappa shape index (κ3) is 54.7. The van der Waals surface area contributed by atoms with Crippen LogP contribution in [0.5, 0.6) is 0 Å². The molecule has 0 aliphatic carbocycles. The number of unbranched alkanes of at least 4 members (excludes halogenated alkanes) is 40. The van der Waals surface area contributed by atoms with Gasteiger partial charge in [-0.1, -0.05) is 263 Å². The van der Waals surface area contributed by atoms with Crippen molar-refractivity contribution in [3.63, 3.8) is 0 Å². The smallest absolute Gasteiger partial charge is 0.306 e. The molecule has 0 saturated heterocycles. The van der Waals surface area contributed by atoms with Gasteiger partial charge in [0, 0.05) is 19.3 Å². The van der Waals surface area contributed by atoms with Gasteiger partial charge in [-0.15, -0.1) is 0 Å². The predicted octanol–water partition coefficient (Wildman–Crippen LogP) is 19.9. The van der Waals surface area contributed by atoms with E-state index in [-0.39, 0.29) is 31.1 Å². The molecule has 0 aromatic heterocycles. The zero-order valence-electron chi connectivity index (χ0n) is 45.2. The molecule has 394 valence electrons. The molecule has 0 spiro atoms. The van der Waals surface area contributed by atoms with Crippen molar-refractivity contribution in [1.82, 2.24) is 0 Å². The van der Waals surface area contributed by atoms with Crippen molar-refractivity contribution in [3.05, 3.63) is 24.3 Å². The lowest BCUT2D eigenvalue weighted by Gasteiger charge is -2.18. The van der Waals surface area contributed by atoms with Gasteiger partial charge in [-0.25, -0.2) is 0 Å². The van der Waals surface area contributed by atoms with Crippen molar-refractivity contribution in [2.75, 3.05) is 13.2 Å². The summed E-state index contributed by atoms with van der Waals surface area (Å²) in [6, 6.07) is 0. The summed E-state index contributed by atoms with van der Waals surface area (Å²) in [4.78, 5) is 38.2. The van der Waals surface area contributed by atoms with E-state index in [4.69, 9.17) is 14.2 Å². The zero-order chi connectivity index (χ0) is 48.6. The average molecular weight is 944 g/mol. The van der Waals surface area contributed by atoms with Crippen LogP contribution in [0.15, 0.2) is 24.3 Å². The second-order valence-electron chi connectivity index (χ2n) is 20.3. The fraction of sp³-hybridized carbons (Fsp3) is 0.885. The third-order valence-corrected chi connectivity index (χ3v) is 13.4. The Balaban J connectivity index is 4.33. The number of carbonyl (C=O) groups is 3. The molecule has 0 amide bonds. The van der Waals surface area contributed by atoms with Gasteiger partial charge in [0.25, 0.3) is 0 Å². The van der Waals surface area contributed by atoms with Gasteiger partial charge in [-0.05, 0) is 70.6 Å². The van der Waals surface area contributed by atoms with Crippen molar-refractivity contribution in [2.45, 2.75) is 335 Å². The Morgan fingerprint density at radius 2 is 0.493 bits per heavy atom. The Kier molecular flexibility index (Phi) is 54.7. The minimum absolute atomic E-state index is 0.0710. The van der Waals surface area contributed by atoms with Crippen molar-refractivity contribution in [3.8, 4) is 0 Å². The normalized spacial score (nSPS) is 12.1. The third-order valence-electron chi connectivity index (χ3n) is 13.4. The number of hydrogen-bond acceptors (Lipinski definition) is 6. The van der Waals surface area contributed by atoms with Gasteiger partial charge in [0.15, 0.2) is 6.10 Å². The molecule has 0 unspecified atom stereocenters. The summed E-state index contributed by atoms with van der Waals surface area (Å²) in [5, 5.41) is 0. The maximum absolute atomic E-state index is 12.9. The van der Waals surface area contributed by atoms with E-state index < -0.39 is 6.10 Å². The molecule has 0 aromatic carbocycles. The van der Waals surface area contributed by atoms with Gasteiger partial charge in [0.2, 0.25) is 0 Å². The van der Waals surface area contributed by atoms with E-state index in [0.717, 1.165) is 64.2 Å². The Bertz CT molecular complexity index is 1080. The molecule has 0 bridgehead atoms. The van der Waals surface area contributed by atoms with E-state index in [9.17, 15) is 14.4 Å². The minimum Gasteiger partial charge on any atom is -0.462 e. The summed E-state index contributed by atoms with van der Waals surface area (Å²) < 4.78 is 16.9. The summed E-state index contributed by atoms with van der Waals surface area (Å²) in [6.45, 7) is 6.67. The molecule has 0 radical (unpaired) electrons. The van der Waals surface area contributed by atoms with Gasteiger partial charge in [0.05, 0.1) is 0 Å². The second kappa shape index (κ2) is 56.5. The van der Waals surface area contributed by atoms with Gasteiger partial charge in [0.1, 0.15) is 13.2 Å². The van der Waals surface area contributed by atoms with Crippen molar-refractivity contribution >= 4 is 17.9 Å².